The smallest absolute Gasteiger partial charge is 0.254 e. The molecule has 0 atom stereocenters. The van der Waals surface area contributed by atoms with Crippen molar-refractivity contribution < 1.29 is 9.21 Å². The maximum atomic E-state index is 13.5. The lowest BCUT2D eigenvalue weighted by Crippen LogP contribution is -2.28. The van der Waals surface area contributed by atoms with Crippen LogP contribution in [0.15, 0.2) is 65.3 Å². The number of carbonyl (C=O) groups excluding carboxylic acids is 1. The first kappa shape index (κ1) is 23.5. The first-order valence-corrected chi connectivity index (χ1v) is 12.2. The average Bonchev–Trinajstić information content (AvgIpc) is 3.65. The minimum Gasteiger partial charge on any atom is -0.463 e. The van der Waals surface area contributed by atoms with Crippen LogP contribution in [-0.2, 0) is 13.5 Å². The van der Waals surface area contributed by atoms with Gasteiger partial charge in [-0.1, -0.05) is 36.8 Å². The molecule has 184 valence electrons. The Morgan fingerprint density at radius 2 is 1.89 bits per heavy atom. The maximum absolute atomic E-state index is 13.5. The van der Waals surface area contributed by atoms with Gasteiger partial charge in [-0.3, -0.25) is 14.6 Å². The normalized spacial score (nSPS) is 11.3. The van der Waals surface area contributed by atoms with Crippen LogP contribution in [0.5, 0.6) is 0 Å². The molecule has 0 fully saturated rings. The third-order valence-corrected chi connectivity index (χ3v) is 6.46. The van der Waals surface area contributed by atoms with E-state index in [0.29, 0.717) is 29.2 Å². The molecule has 1 aromatic carbocycles. The molecule has 1 amide bonds. The summed E-state index contributed by atoms with van der Waals surface area (Å²) in [5.41, 5.74) is 5.91. The van der Waals surface area contributed by atoms with E-state index in [-0.39, 0.29) is 5.91 Å². The van der Waals surface area contributed by atoms with E-state index in [1.54, 1.807) is 15.8 Å². The molecule has 0 aliphatic carbocycles. The van der Waals surface area contributed by atoms with E-state index in [1.165, 1.54) is 0 Å². The van der Waals surface area contributed by atoms with Gasteiger partial charge in [-0.05, 0) is 50.5 Å². The lowest BCUT2D eigenvalue weighted by Gasteiger charge is -2.18. The summed E-state index contributed by atoms with van der Waals surface area (Å²) in [6.45, 7) is 2.59. The number of unbranched alkanes of at least 4 members (excludes halogenated alkanes) is 2. The van der Waals surface area contributed by atoms with Gasteiger partial charge in [0.05, 0.1) is 28.6 Å². The number of aromatic nitrogens is 5. The molecule has 8 heteroatoms. The Labute approximate surface area is 210 Å². The zero-order valence-electron chi connectivity index (χ0n) is 20.9. The molecule has 0 aliphatic heterocycles. The van der Waals surface area contributed by atoms with E-state index in [9.17, 15) is 4.79 Å². The summed E-state index contributed by atoms with van der Waals surface area (Å²) >= 11 is 0. The average molecular weight is 483 g/mol. The van der Waals surface area contributed by atoms with Crippen LogP contribution in [-0.4, -0.2) is 49.4 Å². The Bertz CT molecular complexity index is 1470. The number of fused-ring (bicyclic) bond motifs is 1. The molecule has 5 aromatic rings. The monoisotopic (exact) mass is 482 g/mol. The van der Waals surface area contributed by atoms with Gasteiger partial charge in [0.25, 0.3) is 5.91 Å². The molecular weight excluding hydrogens is 452 g/mol. The van der Waals surface area contributed by atoms with Crippen LogP contribution >= 0.6 is 0 Å². The van der Waals surface area contributed by atoms with Crippen molar-refractivity contribution in [2.75, 3.05) is 13.6 Å². The minimum atomic E-state index is -0.0348. The molecule has 8 nitrogen and oxygen atoms in total. The van der Waals surface area contributed by atoms with Gasteiger partial charge in [-0.25, -0.2) is 4.98 Å². The number of nitrogens with zero attached hydrogens (tertiary/aromatic N) is 5. The van der Waals surface area contributed by atoms with Gasteiger partial charge >= 0.3 is 0 Å². The second kappa shape index (κ2) is 10.2. The molecule has 0 bridgehead atoms. The standard InChI is InChI=1S/C28H30N6O2/c1-19-26-22(18-24(25-14-10-16-36-25)29-27(26)34(3)32-19)28(35)33(2)15-9-5-8-13-21-17-23(31-30-21)20-11-6-4-7-12-20/h4,6-7,10-12,14,16-18H,5,8-9,13,15H2,1-3H3,(H,30,31). The molecule has 0 radical (unpaired) electrons. The van der Waals surface area contributed by atoms with Crippen molar-refractivity contribution in [1.29, 1.82) is 0 Å². The van der Waals surface area contributed by atoms with Gasteiger partial charge in [0.15, 0.2) is 11.4 Å². The summed E-state index contributed by atoms with van der Waals surface area (Å²) in [6, 6.07) is 17.8. The zero-order chi connectivity index (χ0) is 25.1. The predicted octanol–water partition coefficient (Wildman–Crippen LogP) is 5.41. The summed E-state index contributed by atoms with van der Waals surface area (Å²) < 4.78 is 7.26. The Hall–Kier alpha value is -4.20. The number of aryl methyl sites for hydroxylation is 3. The second-order valence-electron chi connectivity index (χ2n) is 9.12. The third-order valence-electron chi connectivity index (χ3n) is 6.46. The van der Waals surface area contributed by atoms with Crippen LogP contribution in [0.1, 0.15) is 41.0 Å². The van der Waals surface area contributed by atoms with E-state index in [2.05, 4.69) is 33.5 Å². The number of nitrogens with one attached hydrogen (secondary N) is 1. The highest BCUT2D eigenvalue weighted by molar-refractivity contribution is 6.07. The molecule has 0 aliphatic rings. The van der Waals surface area contributed by atoms with Crippen LogP contribution in [0.4, 0.5) is 0 Å². The Kier molecular flexibility index (Phi) is 6.66. The molecule has 0 spiro atoms. The summed E-state index contributed by atoms with van der Waals surface area (Å²) in [7, 11) is 3.70. The highest BCUT2D eigenvalue weighted by Crippen LogP contribution is 2.28. The summed E-state index contributed by atoms with van der Waals surface area (Å²) in [5, 5.41) is 12.9. The SMILES string of the molecule is Cc1nn(C)c2nc(-c3ccco3)cc(C(=O)N(C)CCCCCc3cc(-c4ccccc4)n[nH]3)c12. The van der Waals surface area contributed by atoms with E-state index < -0.39 is 0 Å². The minimum absolute atomic E-state index is 0.0348. The number of hydrogen-bond donors (Lipinski definition) is 1. The Balaban J connectivity index is 1.20. The molecule has 0 saturated heterocycles. The van der Waals surface area contributed by atoms with Gasteiger partial charge in [0, 0.05) is 31.9 Å². The quantitative estimate of drug-likeness (QED) is 0.284. The molecule has 4 heterocycles. The number of aromatic amines is 1. The topological polar surface area (TPSA) is 92.8 Å². The third kappa shape index (κ3) is 4.79. The highest BCUT2D eigenvalue weighted by atomic mass is 16.3. The second-order valence-corrected chi connectivity index (χ2v) is 9.12. The van der Waals surface area contributed by atoms with Crippen molar-refractivity contribution in [3.8, 4) is 22.7 Å². The molecule has 5 rings (SSSR count). The van der Waals surface area contributed by atoms with Gasteiger partial charge < -0.3 is 9.32 Å². The Morgan fingerprint density at radius 1 is 1.06 bits per heavy atom. The molecule has 4 aromatic heterocycles. The summed E-state index contributed by atoms with van der Waals surface area (Å²) in [6.07, 6.45) is 5.51. The highest BCUT2D eigenvalue weighted by Gasteiger charge is 2.22. The number of hydrogen-bond acceptors (Lipinski definition) is 5. The number of carbonyl (C=O) groups is 1. The van der Waals surface area contributed by atoms with Gasteiger partial charge in [0.1, 0.15) is 5.69 Å². The van der Waals surface area contributed by atoms with Crippen LogP contribution in [0.3, 0.4) is 0 Å². The van der Waals surface area contributed by atoms with E-state index in [1.807, 2.05) is 57.4 Å². The van der Waals surface area contributed by atoms with E-state index >= 15 is 0 Å². The van der Waals surface area contributed by atoms with Crippen molar-refractivity contribution in [3.63, 3.8) is 0 Å². The lowest BCUT2D eigenvalue weighted by molar-refractivity contribution is 0.0794. The van der Waals surface area contributed by atoms with Crippen molar-refractivity contribution >= 4 is 16.9 Å². The number of benzene rings is 1. The molecule has 0 saturated carbocycles. The van der Waals surface area contributed by atoms with Crippen molar-refractivity contribution in [3.05, 3.63) is 77.8 Å². The zero-order valence-corrected chi connectivity index (χ0v) is 20.9. The van der Waals surface area contributed by atoms with E-state index in [0.717, 1.165) is 53.7 Å². The fraction of sp³-hybridized carbons (Fsp3) is 0.286. The first-order valence-electron chi connectivity index (χ1n) is 12.2. The number of furan rings is 1. The molecule has 0 unspecified atom stereocenters. The van der Waals surface area contributed by atoms with Crippen LogP contribution < -0.4 is 0 Å². The summed E-state index contributed by atoms with van der Waals surface area (Å²) in [5.74, 6) is 0.592. The number of amides is 1. The van der Waals surface area contributed by atoms with Crippen molar-refractivity contribution in [2.24, 2.45) is 7.05 Å². The largest absolute Gasteiger partial charge is 0.463 e. The van der Waals surface area contributed by atoms with Crippen molar-refractivity contribution in [1.82, 2.24) is 29.9 Å². The summed E-state index contributed by atoms with van der Waals surface area (Å²) in [4.78, 5) is 20.0. The fourth-order valence-electron chi connectivity index (χ4n) is 4.56. The van der Waals surface area contributed by atoms with Crippen molar-refractivity contribution in [2.45, 2.75) is 32.6 Å². The number of rotatable bonds is 9. The molecular formula is C28H30N6O2. The Morgan fingerprint density at radius 3 is 2.67 bits per heavy atom. The lowest BCUT2D eigenvalue weighted by atomic mass is 10.1. The van der Waals surface area contributed by atoms with E-state index in [4.69, 9.17) is 9.40 Å². The van der Waals surface area contributed by atoms with Crippen LogP contribution in [0.25, 0.3) is 33.7 Å². The van der Waals surface area contributed by atoms with Crippen LogP contribution in [0, 0.1) is 6.92 Å². The maximum Gasteiger partial charge on any atom is 0.254 e. The molecule has 36 heavy (non-hydrogen) atoms. The van der Waals surface area contributed by atoms with Gasteiger partial charge in [0.2, 0.25) is 0 Å². The first-order chi connectivity index (χ1) is 17.5. The number of pyridine rings is 1. The van der Waals surface area contributed by atoms with Gasteiger partial charge in [-0.15, -0.1) is 0 Å². The molecule has 1 N–H and O–H groups in total. The van der Waals surface area contributed by atoms with Crippen LogP contribution in [0.2, 0.25) is 0 Å². The predicted molar refractivity (Wildman–Crippen MR) is 139 cm³/mol. The number of H-pyrrole nitrogens is 1. The fourth-order valence-corrected chi connectivity index (χ4v) is 4.56. The van der Waals surface area contributed by atoms with Gasteiger partial charge in [-0.2, -0.15) is 10.2 Å².